The molecule has 120 valence electrons. The Morgan fingerprint density at radius 3 is 2.59 bits per heavy atom. The number of aromatic nitrogens is 1. The van der Waals surface area contributed by atoms with Crippen LogP contribution < -0.4 is 5.32 Å². The first-order chi connectivity index (χ1) is 10.5. The number of carbonyl (C=O) groups excluding carboxylic acids is 1. The monoisotopic (exact) mass is 323 g/mol. The van der Waals surface area contributed by atoms with Crippen LogP contribution in [0.25, 0.3) is 0 Å². The number of piperidine rings is 1. The van der Waals surface area contributed by atoms with Gasteiger partial charge in [-0.1, -0.05) is 0 Å². The number of sulfone groups is 1. The van der Waals surface area contributed by atoms with Crippen molar-refractivity contribution in [3.63, 3.8) is 0 Å². The third-order valence-corrected chi connectivity index (χ3v) is 6.16. The fourth-order valence-electron chi connectivity index (χ4n) is 3.18. The van der Waals surface area contributed by atoms with Crippen LogP contribution in [-0.4, -0.2) is 60.9 Å². The maximum atomic E-state index is 12.3. The topological polar surface area (TPSA) is 79.4 Å². The van der Waals surface area contributed by atoms with Crippen LogP contribution >= 0.6 is 0 Å². The van der Waals surface area contributed by atoms with Gasteiger partial charge < -0.3 is 10.2 Å². The normalized spacial score (nSPS) is 25.3. The first-order valence-corrected chi connectivity index (χ1v) is 9.51. The summed E-state index contributed by atoms with van der Waals surface area (Å²) >= 11 is 0. The van der Waals surface area contributed by atoms with Gasteiger partial charge in [0, 0.05) is 37.6 Å². The second kappa shape index (κ2) is 6.34. The number of nitrogens with one attached hydrogen (secondary N) is 1. The number of nitrogens with zero attached hydrogens (tertiary/aromatic N) is 2. The second-order valence-electron chi connectivity index (χ2n) is 6.07. The maximum absolute atomic E-state index is 12.3. The van der Waals surface area contributed by atoms with E-state index in [9.17, 15) is 13.2 Å². The largest absolute Gasteiger partial charge is 0.338 e. The molecule has 3 rings (SSSR count). The van der Waals surface area contributed by atoms with Crippen LogP contribution in [-0.2, 0) is 9.84 Å². The molecule has 7 heteroatoms. The van der Waals surface area contributed by atoms with Crippen LogP contribution in [0.3, 0.4) is 0 Å². The van der Waals surface area contributed by atoms with E-state index in [1.54, 1.807) is 24.5 Å². The van der Waals surface area contributed by atoms with Gasteiger partial charge in [0.25, 0.3) is 5.91 Å². The van der Waals surface area contributed by atoms with Crippen molar-refractivity contribution in [1.82, 2.24) is 15.2 Å². The molecule has 2 aliphatic heterocycles. The molecule has 2 fully saturated rings. The number of rotatable bonds is 3. The molecule has 0 aliphatic carbocycles. The molecule has 2 saturated heterocycles. The molecule has 1 amide bonds. The summed E-state index contributed by atoms with van der Waals surface area (Å²) in [7, 11) is -2.84. The second-order valence-corrected chi connectivity index (χ2v) is 8.30. The van der Waals surface area contributed by atoms with Gasteiger partial charge >= 0.3 is 0 Å². The number of pyridine rings is 1. The minimum atomic E-state index is -2.84. The molecule has 0 aromatic carbocycles. The average molecular weight is 323 g/mol. The summed E-state index contributed by atoms with van der Waals surface area (Å²) < 4.78 is 23.0. The highest BCUT2D eigenvalue weighted by Crippen LogP contribution is 2.17. The highest BCUT2D eigenvalue weighted by atomic mass is 32.2. The molecule has 1 aromatic rings. The molecule has 22 heavy (non-hydrogen) atoms. The molecule has 0 spiro atoms. The molecule has 0 saturated carbocycles. The summed E-state index contributed by atoms with van der Waals surface area (Å²) in [5.74, 6) is 0.570. The van der Waals surface area contributed by atoms with Crippen molar-refractivity contribution >= 4 is 15.7 Å². The number of hydrogen-bond donors (Lipinski definition) is 1. The fourth-order valence-corrected chi connectivity index (χ4v) is 4.87. The standard InChI is InChI=1S/C15H21N3O3S/c19-15(12-2-1-6-16-10-12)18-7-3-13(4-8-18)17-14-5-9-22(20,21)11-14/h1-2,6,10,13-14,17H,3-5,7-9,11H2. The van der Waals surface area contributed by atoms with Crippen molar-refractivity contribution < 1.29 is 13.2 Å². The number of carbonyl (C=O) groups is 1. The summed E-state index contributed by atoms with van der Waals surface area (Å²) in [5, 5.41) is 3.44. The molecule has 0 bridgehead atoms. The van der Waals surface area contributed by atoms with Gasteiger partial charge in [-0.15, -0.1) is 0 Å². The lowest BCUT2D eigenvalue weighted by Crippen LogP contribution is -2.48. The Hall–Kier alpha value is -1.47. The predicted molar refractivity (Wildman–Crippen MR) is 83.4 cm³/mol. The number of likely N-dealkylation sites (tertiary alicyclic amines) is 1. The van der Waals surface area contributed by atoms with E-state index in [1.807, 2.05) is 4.90 Å². The minimum absolute atomic E-state index is 0.0231. The SMILES string of the molecule is O=C(c1cccnc1)N1CCC(NC2CCS(=O)(=O)C2)CC1. The molecular formula is C15H21N3O3S. The Balaban J connectivity index is 1.49. The molecule has 1 unspecified atom stereocenters. The van der Waals surface area contributed by atoms with E-state index in [4.69, 9.17) is 0 Å². The molecule has 6 nitrogen and oxygen atoms in total. The zero-order chi connectivity index (χ0) is 15.6. The fraction of sp³-hybridized carbons (Fsp3) is 0.600. The quantitative estimate of drug-likeness (QED) is 0.874. The summed E-state index contributed by atoms with van der Waals surface area (Å²) in [6.07, 6.45) is 5.68. The van der Waals surface area contributed by atoms with E-state index in [-0.39, 0.29) is 17.7 Å². The highest BCUT2D eigenvalue weighted by Gasteiger charge is 2.31. The van der Waals surface area contributed by atoms with Crippen molar-refractivity contribution in [2.24, 2.45) is 0 Å². The summed E-state index contributed by atoms with van der Waals surface area (Å²) in [5.41, 5.74) is 0.621. The van der Waals surface area contributed by atoms with Crippen LogP contribution in [0.2, 0.25) is 0 Å². The lowest BCUT2D eigenvalue weighted by Gasteiger charge is -2.33. The molecule has 2 aliphatic rings. The molecule has 0 radical (unpaired) electrons. The molecule has 1 N–H and O–H groups in total. The Bertz CT molecular complexity index is 625. The molecular weight excluding hydrogens is 302 g/mol. The number of hydrogen-bond acceptors (Lipinski definition) is 5. The van der Waals surface area contributed by atoms with Crippen molar-refractivity contribution in [2.75, 3.05) is 24.6 Å². The van der Waals surface area contributed by atoms with Crippen LogP contribution in [0.1, 0.15) is 29.6 Å². The van der Waals surface area contributed by atoms with Gasteiger partial charge in [0.05, 0.1) is 17.1 Å². The highest BCUT2D eigenvalue weighted by molar-refractivity contribution is 7.91. The van der Waals surface area contributed by atoms with Crippen LogP contribution in [0.5, 0.6) is 0 Å². The zero-order valence-corrected chi connectivity index (χ0v) is 13.3. The van der Waals surface area contributed by atoms with Crippen LogP contribution in [0, 0.1) is 0 Å². The van der Waals surface area contributed by atoms with E-state index in [2.05, 4.69) is 10.3 Å². The van der Waals surface area contributed by atoms with Crippen LogP contribution in [0.4, 0.5) is 0 Å². The van der Waals surface area contributed by atoms with E-state index in [0.717, 1.165) is 12.8 Å². The predicted octanol–water partition coefficient (Wildman–Crippen LogP) is 0.463. The van der Waals surface area contributed by atoms with Gasteiger partial charge in [0.2, 0.25) is 0 Å². The van der Waals surface area contributed by atoms with E-state index < -0.39 is 9.84 Å². The van der Waals surface area contributed by atoms with Gasteiger partial charge in [0.15, 0.2) is 9.84 Å². The Morgan fingerprint density at radius 2 is 2.00 bits per heavy atom. The first-order valence-electron chi connectivity index (χ1n) is 7.69. The summed E-state index contributed by atoms with van der Waals surface area (Å²) in [4.78, 5) is 18.2. The van der Waals surface area contributed by atoms with Gasteiger partial charge in [-0.05, 0) is 31.4 Å². The van der Waals surface area contributed by atoms with Crippen molar-refractivity contribution in [3.8, 4) is 0 Å². The molecule has 3 heterocycles. The molecule has 1 atom stereocenters. The van der Waals surface area contributed by atoms with Crippen molar-refractivity contribution in [2.45, 2.75) is 31.3 Å². The Morgan fingerprint density at radius 1 is 1.23 bits per heavy atom. The lowest BCUT2D eigenvalue weighted by atomic mass is 10.0. The van der Waals surface area contributed by atoms with Gasteiger partial charge in [0.1, 0.15) is 0 Å². The minimum Gasteiger partial charge on any atom is -0.338 e. The smallest absolute Gasteiger partial charge is 0.255 e. The van der Waals surface area contributed by atoms with E-state index >= 15 is 0 Å². The Labute approximate surface area is 130 Å². The number of amides is 1. The van der Waals surface area contributed by atoms with Crippen molar-refractivity contribution in [1.29, 1.82) is 0 Å². The van der Waals surface area contributed by atoms with Gasteiger partial charge in [-0.3, -0.25) is 9.78 Å². The summed E-state index contributed by atoms with van der Waals surface area (Å²) in [6.45, 7) is 1.40. The average Bonchev–Trinajstić information content (AvgIpc) is 2.87. The Kier molecular flexibility index (Phi) is 4.44. The lowest BCUT2D eigenvalue weighted by molar-refractivity contribution is 0.0702. The third kappa shape index (κ3) is 3.64. The molecule has 1 aromatic heterocycles. The van der Waals surface area contributed by atoms with E-state index in [1.165, 1.54) is 0 Å². The van der Waals surface area contributed by atoms with Crippen LogP contribution in [0.15, 0.2) is 24.5 Å². The van der Waals surface area contributed by atoms with Gasteiger partial charge in [-0.2, -0.15) is 0 Å². The third-order valence-electron chi connectivity index (χ3n) is 4.39. The zero-order valence-electron chi connectivity index (χ0n) is 12.4. The van der Waals surface area contributed by atoms with Gasteiger partial charge in [-0.25, -0.2) is 8.42 Å². The van der Waals surface area contributed by atoms with Crippen molar-refractivity contribution in [3.05, 3.63) is 30.1 Å². The maximum Gasteiger partial charge on any atom is 0.255 e. The summed E-state index contributed by atoms with van der Waals surface area (Å²) in [6, 6.07) is 3.93. The first kappa shape index (κ1) is 15.4. The van der Waals surface area contributed by atoms with E-state index in [0.29, 0.717) is 36.9 Å².